The zero-order valence-electron chi connectivity index (χ0n) is 12.7. The van der Waals surface area contributed by atoms with Crippen molar-refractivity contribution in [3.8, 4) is 0 Å². The minimum Gasteiger partial charge on any atom is -0.342 e. The summed E-state index contributed by atoms with van der Waals surface area (Å²) >= 11 is 0. The van der Waals surface area contributed by atoms with Crippen molar-refractivity contribution in [3.05, 3.63) is 35.4 Å². The molecular formula is C18H23NO2. The second-order valence-corrected chi connectivity index (χ2v) is 6.30. The highest BCUT2D eigenvalue weighted by atomic mass is 16.2. The molecule has 1 aliphatic heterocycles. The molecule has 3 nitrogen and oxygen atoms in total. The highest BCUT2D eigenvalue weighted by Crippen LogP contribution is 2.34. The fourth-order valence-corrected chi connectivity index (χ4v) is 3.21. The number of amides is 1. The molecule has 1 aromatic rings. The summed E-state index contributed by atoms with van der Waals surface area (Å²) in [6.45, 7) is 3.62. The lowest BCUT2D eigenvalue weighted by atomic mass is 9.89. The molecule has 1 saturated heterocycles. The number of piperidine rings is 1. The fourth-order valence-electron chi connectivity index (χ4n) is 3.21. The first-order valence-corrected chi connectivity index (χ1v) is 8.11. The van der Waals surface area contributed by atoms with Crippen LogP contribution in [0.1, 0.15) is 60.9 Å². The van der Waals surface area contributed by atoms with Crippen LogP contribution in [-0.4, -0.2) is 29.7 Å². The maximum absolute atomic E-state index is 12.2. The molecule has 0 bridgehead atoms. The topological polar surface area (TPSA) is 37.4 Å². The van der Waals surface area contributed by atoms with Crippen LogP contribution in [0.2, 0.25) is 0 Å². The summed E-state index contributed by atoms with van der Waals surface area (Å²) in [6, 6.07) is 8.00. The van der Waals surface area contributed by atoms with Crippen LogP contribution in [0.25, 0.3) is 0 Å². The zero-order valence-corrected chi connectivity index (χ0v) is 12.7. The molecular weight excluding hydrogens is 262 g/mol. The Morgan fingerprint density at radius 1 is 1.24 bits per heavy atom. The van der Waals surface area contributed by atoms with Crippen LogP contribution in [-0.2, 0) is 4.79 Å². The summed E-state index contributed by atoms with van der Waals surface area (Å²) in [7, 11) is 0. The number of nitrogens with zero attached hydrogens (tertiary/aromatic N) is 1. The van der Waals surface area contributed by atoms with Crippen LogP contribution >= 0.6 is 0 Å². The number of ketones is 1. The number of hydrogen-bond acceptors (Lipinski definition) is 2. The standard InChI is InChI=1S/C18H23NO2/c1-2-17(20)15-6-3-5-14(11-15)16-7-4-10-19(12-16)18(21)13-8-9-13/h3,5-6,11,13,16H,2,4,7-10,12H2,1H3. The van der Waals surface area contributed by atoms with Crippen molar-refractivity contribution in [1.82, 2.24) is 4.90 Å². The molecule has 0 aromatic heterocycles. The van der Waals surface area contributed by atoms with Gasteiger partial charge in [0.2, 0.25) is 5.91 Å². The Morgan fingerprint density at radius 3 is 2.76 bits per heavy atom. The Bertz CT molecular complexity index is 548. The van der Waals surface area contributed by atoms with Gasteiger partial charge in [-0.1, -0.05) is 25.1 Å². The van der Waals surface area contributed by atoms with Crippen molar-refractivity contribution in [2.45, 2.75) is 44.9 Å². The van der Waals surface area contributed by atoms with Crippen LogP contribution in [0.4, 0.5) is 0 Å². The van der Waals surface area contributed by atoms with Crippen molar-refractivity contribution in [3.63, 3.8) is 0 Å². The van der Waals surface area contributed by atoms with Gasteiger partial charge < -0.3 is 4.90 Å². The van der Waals surface area contributed by atoms with Gasteiger partial charge in [0.15, 0.2) is 5.78 Å². The van der Waals surface area contributed by atoms with E-state index in [2.05, 4.69) is 6.07 Å². The van der Waals surface area contributed by atoms with Gasteiger partial charge in [-0.3, -0.25) is 9.59 Å². The molecule has 1 unspecified atom stereocenters. The van der Waals surface area contributed by atoms with Gasteiger partial charge in [0.1, 0.15) is 0 Å². The molecule has 3 rings (SSSR count). The first-order chi connectivity index (χ1) is 10.2. The Labute approximate surface area is 126 Å². The molecule has 1 saturated carbocycles. The molecule has 2 aliphatic rings. The summed E-state index contributed by atoms with van der Waals surface area (Å²) in [6.07, 6.45) is 4.86. The quantitative estimate of drug-likeness (QED) is 0.795. The second-order valence-electron chi connectivity index (χ2n) is 6.30. The van der Waals surface area contributed by atoms with E-state index in [1.807, 2.05) is 30.0 Å². The summed E-state index contributed by atoms with van der Waals surface area (Å²) < 4.78 is 0. The number of likely N-dealkylation sites (tertiary alicyclic amines) is 1. The van der Waals surface area contributed by atoms with Crippen molar-refractivity contribution in [2.24, 2.45) is 5.92 Å². The monoisotopic (exact) mass is 285 g/mol. The summed E-state index contributed by atoms with van der Waals surface area (Å²) in [5.41, 5.74) is 2.02. The van der Waals surface area contributed by atoms with Crippen LogP contribution in [0.3, 0.4) is 0 Å². The molecule has 3 heteroatoms. The minimum absolute atomic E-state index is 0.193. The molecule has 1 amide bonds. The lowest BCUT2D eigenvalue weighted by molar-refractivity contribution is -0.133. The molecule has 0 N–H and O–H groups in total. The van der Waals surface area contributed by atoms with Crippen molar-refractivity contribution < 1.29 is 9.59 Å². The van der Waals surface area contributed by atoms with E-state index in [0.29, 0.717) is 24.2 Å². The van der Waals surface area contributed by atoms with Crippen molar-refractivity contribution >= 4 is 11.7 Å². The average Bonchev–Trinajstić information content (AvgIpc) is 3.38. The van der Waals surface area contributed by atoms with Gasteiger partial charge in [-0.25, -0.2) is 0 Å². The predicted octanol–water partition coefficient (Wildman–Crippen LogP) is 3.40. The van der Waals surface area contributed by atoms with E-state index in [9.17, 15) is 9.59 Å². The number of hydrogen-bond donors (Lipinski definition) is 0. The van der Waals surface area contributed by atoms with E-state index in [-0.39, 0.29) is 5.78 Å². The third-order valence-corrected chi connectivity index (χ3v) is 4.66. The smallest absolute Gasteiger partial charge is 0.225 e. The van der Waals surface area contributed by atoms with Gasteiger partial charge in [0.25, 0.3) is 0 Å². The molecule has 0 radical (unpaired) electrons. The lowest BCUT2D eigenvalue weighted by Gasteiger charge is -2.33. The zero-order chi connectivity index (χ0) is 14.8. The minimum atomic E-state index is 0.193. The van der Waals surface area contributed by atoms with Crippen molar-refractivity contribution in [2.75, 3.05) is 13.1 Å². The van der Waals surface area contributed by atoms with E-state index in [4.69, 9.17) is 0 Å². The van der Waals surface area contributed by atoms with E-state index in [0.717, 1.165) is 44.3 Å². The summed E-state index contributed by atoms with van der Waals surface area (Å²) in [5.74, 6) is 1.22. The van der Waals surface area contributed by atoms with Gasteiger partial charge in [0.05, 0.1) is 0 Å². The third-order valence-electron chi connectivity index (χ3n) is 4.66. The first-order valence-electron chi connectivity index (χ1n) is 8.11. The highest BCUT2D eigenvalue weighted by molar-refractivity contribution is 5.96. The van der Waals surface area contributed by atoms with Gasteiger partial charge in [0, 0.05) is 36.9 Å². The molecule has 2 fully saturated rings. The molecule has 21 heavy (non-hydrogen) atoms. The van der Waals surface area contributed by atoms with Gasteiger partial charge >= 0.3 is 0 Å². The normalized spacial score (nSPS) is 22.1. The largest absolute Gasteiger partial charge is 0.342 e. The maximum atomic E-state index is 12.2. The van der Waals surface area contributed by atoms with Crippen LogP contribution in [0.15, 0.2) is 24.3 Å². The lowest BCUT2D eigenvalue weighted by Crippen LogP contribution is -2.39. The van der Waals surface area contributed by atoms with Crippen LogP contribution in [0, 0.1) is 5.92 Å². The molecule has 112 valence electrons. The highest BCUT2D eigenvalue weighted by Gasteiger charge is 2.35. The molecule has 1 aromatic carbocycles. The summed E-state index contributed by atoms with van der Waals surface area (Å²) in [4.78, 5) is 26.1. The van der Waals surface area contributed by atoms with Crippen LogP contribution in [0.5, 0.6) is 0 Å². The maximum Gasteiger partial charge on any atom is 0.225 e. The summed E-state index contributed by atoms with van der Waals surface area (Å²) in [5, 5.41) is 0. The predicted molar refractivity (Wildman–Crippen MR) is 82.3 cm³/mol. The Morgan fingerprint density at radius 2 is 2.05 bits per heavy atom. The molecule has 1 aliphatic carbocycles. The van der Waals surface area contributed by atoms with Gasteiger partial charge in [-0.2, -0.15) is 0 Å². The number of rotatable bonds is 4. The van der Waals surface area contributed by atoms with Crippen LogP contribution < -0.4 is 0 Å². The second kappa shape index (κ2) is 6.00. The van der Waals surface area contributed by atoms with E-state index in [1.165, 1.54) is 5.56 Å². The van der Waals surface area contributed by atoms with Crippen molar-refractivity contribution in [1.29, 1.82) is 0 Å². The van der Waals surface area contributed by atoms with E-state index in [1.54, 1.807) is 0 Å². The van der Waals surface area contributed by atoms with Gasteiger partial charge in [-0.15, -0.1) is 0 Å². The first kappa shape index (κ1) is 14.3. The van der Waals surface area contributed by atoms with E-state index >= 15 is 0 Å². The SMILES string of the molecule is CCC(=O)c1cccc(C2CCCN(C(=O)C3CC3)C2)c1. The van der Waals surface area contributed by atoms with Gasteiger partial charge in [-0.05, 0) is 37.3 Å². The number of benzene rings is 1. The molecule has 0 spiro atoms. The number of carbonyl (C=O) groups excluding carboxylic acids is 2. The fraction of sp³-hybridized carbons (Fsp3) is 0.556. The third kappa shape index (κ3) is 3.17. The molecule has 1 heterocycles. The Balaban J connectivity index is 1.73. The Hall–Kier alpha value is -1.64. The molecule has 1 atom stereocenters. The number of carbonyl (C=O) groups is 2. The average molecular weight is 285 g/mol. The number of Topliss-reactive ketones (excluding diaryl/α,β-unsaturated/α-hetero) is 1. The Kier molecular flexibility index (Phi) is 4.09. The van der Waals surface area contributed by atoms with E-state index < -0.39 is 0 Å².